The van der Waals surface area contributed by atoms with Crippen LogP contribution >= 0.6 is 0 Å². The van der Waals surface area contributed by atoms with Crippen LogP contribution in [0.15, 0.2) is 18.2 Å². The Hall–Kier alpha value is -1.10. The van der Waals surface area contributed by atoms with Crippen molar-refractivity contribution in [1.29, 1.82) is 0 Å². The lowest BCUT2D eigenvalue weighted by molar-refractivity contribution is -0.140. The predicted octanol–water partition coefficient (Wildman–Crippen LogP) is 4.48. The third kappa shape index (κ3) is 3.51. The maximum atomic E-state index is 13.6. The number of hydrogen-bond acceptors (Lipinski definition) is 1. The van der Waals surface area contributed by atoms with Crippen molar-refractivity contribution in [2.45, 2.75) is 50.7 Å². The van der Waals surface area contributed by atoms with Gasteiger partial charge in [-0.25, -0.2) is 4.39 Å². The van der Waals surface area contributed by atoms with Crippen LogP contribution in [0.25, 0.3) is 0 Å². The molecule has 1 aliphatic carbocycles. The maximum absolute atomic E-state index is 13.6. The van der Waals surface area contributed by atoms with Gasteiger partial charge in [-0.3, -0.25) is 0 Å². The summed E-state index contributed by atoms with van der Waals surface area (Å²) in [6.07, 6.45) is -0.816. The summed E-state index contributed by atoms with van der Waals surface area (Å²) in [5.74, 6) is -1.01. The molecule has 0 amide bonds. The summed E-state index contributed by atoms with van der Waals surface area (Å²) in [6, 6.07) is 3.72. The normalized spacial score (nSPS) is 23.2. The molecule has 0 aromatic heterocycles. The molecular formula is C15H19F4N. The average molecular weight is 289 g/mol. The van der Waals surface area contributed by atoms with E-state index in [0.29, 0.717) is 11.6 Å². The summed E-state index contributed by atoms with van der Waals surface area (Å²) < 4.78 is 51.1. The van der Waals surface area contributed by atoms with Gasteiger partial charge in [-0.15, -0.1) is 0 Å². The largest absolute Gasteiger partial charge is 0.419 e. The van der Waals surface area contributed by atoms with Crippen molar-refractivity contribution in [2.24, 2.45) is 0 Å². The Kier molecular flexibility index (Phi) is 4.68. The van der Waals surface area contributed by atoms with E-state index in [4.69, 9.17) is 0 Å². The zero-order valence-corrected chi connectivity index (χ0v) is 11.4. The molecule has 1 aromatic rings. The molecule has 0 spiro atoms. The summed E-state index contributed by atoms with van der Waals surface area (Å²) in [5, 5.41) is 3.41. The number of rotatable bonds is 4. The van der Waals surface area contributed by atoms with Crippen molar-refractivity contribution in [3.05, 3.63) is 35.1 Å². The van der Waals surface area contributed by atoms with E-state index in [1.807, 2.05) is 0 Å². The zero-order valence-electron chi connectivity index (χ0n) is 11.4. The molecule has 0 bridgehead atoms. The molecule has 2 atom stereocenters. The summed E-state index contributed by atoms with van der Waals surface area (Å²) in [4.78, 5) is 0. The molecule has 0 heterocycles. The smallest absolute Gasteiger partial charge is 0.314 e. The number of benzene rings is 1. The van der Waals surface area contributed by atoms with E-state index in [9.17, 15) is 17.6 Å². The summed E-state index contributed by atoms with van der Waals surface area (Å²) in [7, 11) is 0. The molecule has 1 saturated carbocycles. The minimum atomic E-state index is -4.62. The quantitative estimate of drug-likeness (QED) is 0.806. The Morgan fingerprint density at radius 1 is 1.25 bits per heavy atom. The zero-order chi connectivity index (χ0) is 14.8. The first kappa shape index (κ1) is 15.3. The fourth-order valence-electron chi connectivity index (χ4n) is 2.83. The first-order chi connectivity index (χ1) is 9.41. The summed E-state index contributed by atoms with van der Waals surface area (Å²) in [5.41, 5.74) is -0.504. The van der Waals surface area contributed by atoms with E-state index in [-0.39, 0.29) is 5.92 Å². The van der Waals surface area contributed by atoms with Gasteiger partial charge in [-0.05, 0) is 55.8 Å². The molecule has 5 heteroatoms. The predicted molar refractivity (Wildman–Crippen MR) is 70.1 cm³/mol. The Morgan fingerprint density at radius 3 is 2.60 bits per heavy atom. The molecule has 20 heavy (non-hydrogen) atoms. The van der Waals surface area contributed by atoms with Crippen LogP contribution in [-0.4, -0.2) is 12.6 Å². The van der Waals surface area contributed by atoms with Gasteiger partial charge in [0, 0.05) is 6.04 Å². The lowest BCUT2D eigenvalue weighted by Crippen LogP contribution is -2.26. The Bertz CT molecular complexity index is 456. The fraction of sp³-hybridized carbons (Fsp3) is 0.600. The van der Waals surface area contributed by atoms with E-state index < -0.39 is 17.6 Å². The topological polar surface area (TPSA) is 12.0 Å². The molecule has 1 aromatic carbocycles. The number of alkyl halides is 3. The van der Waals surface area contributed by atoms with Gasteiger partial charge in [0.25, 0.3) is 0 Å². The van der Waals surface area contributed by atoms with Crippen molar-refractivity contribution in [2.75, 3.05) is 6.54 Å². The Balaban J connectivity index is 2.06. The van der Waals surface area contributed by atoms with Crippen molar-refractivity contribution in [1.82, 2.24) is 5.32 Å². The third-order valence-corrected chi connectivity index (χ3v) is 3.89. The van der Waals surface area contributed by atoms with Gasteiger partial charge < -0.3 is 5.32 Å². The van der Waals surface area contributed by atoms with E-state index in [0.717, 1.165) is 44.4 Å². The van der Waals surface area contributed by atoms with Crippen LogP contribution in [0, 0.1) is 5.82 Å². The first-order valence-corrected chi connectivity index (χ1v) is 7.01. The lowest BCUT2D eigenvalue weighted by atomic mass is 9.96. The fourth-order valence-corrected chi connectivity index (χ4v) is 2.83. The molecule has 2 rings (SSSR count). The van der Waals surface area contributed by atoms with E-state index in [1.54, 1.807) is 0 Å². The van der Waals surface area contributed by atoms with Crippen LogP contribution in [0.1, 0.15) is 49.7 Å². The lowest BCUT2D eigenvalue weighted by Gasteiger charge is -2.15. The molecule has 1 N–H and O–H groups in total. The highest BCUT2D eigenvalue weighted by Crippen LogP contribution is 2.37. The van der Waals surface area contributed by atoms with Gasteiger partial charge in [-0.1, -0.05) is 13.0 Å². The second-order valence-electron chi connectivity index (χ2n) is 5.40. The monoisotopic (exact) mass is 289 g/mol. The highest BCUT2D eigenvalue weighted by atomic mass is 19.4. The first-order valence-electron chi connectivity index (χ1n) is 7.01. The molecule has 0 radical (unpaired) electrons. The minimum absolute atomic E-state index is 0.154. The van der Waals surface area contributed by atoms with Crippen LogP contribution in [-0.2, 0) is 6.18 Å². The van der Waals surface area contributed by atoms with E-state index >= 15 is 0 Å². The van der Waals surface area contributed by atoms with Crippen molar-refractivity contribution < 1.29 is 17.6 Å². The molecule has 0 saturated heterocycles. The maximum Gasteiger partial charge on any atom is 0.419 e. The second-order valence-corrected chi connectivity index (χ2v) is 5.40. The molecular weight excluding hydrogens is 270 g/mol. The molecule has 1 nitrogen and oxygen atoms in total. The van der Waals surface area contributed by atoms with Gasteiger partial charge in [0.15, 0.2) is 0 Å². The molecule has 2 unspecified atom stereocenters. The van der Waals surface area contributed by atoms with E-state index in [1.165, 1.54) is 6.07 Å². The van der Waals surface area contributed by atoms with Gasteiger partial charge in [-0.2, -0.15) is 13.2 Å². The van der Waals surface area contributed by atoms with Crippen LogP contribution in [0.2, 0.25) is 0 Å². The van der Waals surface area contributed by atoms with Crippen LogP contribution in [0.4, 0.5) is 17.6 Å². The van der Waals surface area contributed by atoms with Crippen molar-refractivity contribution in [3.63, 3.8) is 0 Å². The van der Waals surface area contributed by atoms with Crippen LogP contribution in [0.5, 0.6) is 0 Å². The van der Waals surface area contributed by atoms with Crippen molar-refractivity contribution >= 4 is 0 Å². The van der Waals surface area contributed by atoms with Crippen LogP contribution < -0.4 is 5.32 Å². The standard InChI is InChI=1S/C15H19F4N/c1-2-7-20-12-5-3-10(8-12)11-4-6-13(14(16)9-11)15(17,18)19/h4,6,9-10,12,20H,2-3,5,7-8H2,1H3. The SMILES string of the molecule is CCCNC1CCC(c2ccc(C(F)(F)F)c(F)c2)C1. The Morgan fingerprint density at radius 2 is 2.00 bits per heavy atom. The van der Waals surface area contributed by atoms with Crippen LogP contribution in [0.3, 0.4) is 0 Å². The minimum Gasteiger partial charge on any atom is -0.314 e. The van der Waals surface area contributed by atoms with E-state index in [2.05, 4.69) is 12.2 Å². The molecule has 1 fully saturated rings. The third-order valence-electron chi connectivity index (χ3n) is 3.89. The molecule has 0 aliphatic heterocycles. The summed E-state index contributed by atoms with van der Waals surface area (Å²) >= 11 is 0. The van der Waals surface area contributed by atoms with Gasteiger partial charge in [0.2, 0.25) is 0 Å². The number of nitrogens with one attached hydrogen (secondary N) is 1. The number of hydrogen-bond donors (Lipinski definition) is 1. The number of halogens is 4. The highest BCUT2D eigenvalue weighted by molar-refractivity contribution is 5.29. The highest BCUT2D eigenvalue weighted by Gasteiger charge is 2.34. The van der Waals surface area contributed by atoms with Gasteiger partial charge in [0.1, 0.15) is 5.82 Å². The Labute approximate surface area is 116 Å². The second kappa shape index (κ2) is 6.12. The van der Waals surface area contributed by atoms with Gasteiger partial charge >= 0.3 is 6.18 Å². The van der Waals surface area contributed by atoms with Crippen molar-refractivity contribution in [3.8, 4) is 0 Å². The molecule has 1 aliphatic rings. The summed E-state index contributed by atoms with van der Waals surface area (Å²) in [6.45, 7) is 3.03. The average Bonchev–Trinajstić information content (AvgIpc) is 2.83. The van der Waals surface area contributed by atoms with Gasteiger partial charge in [0.05, 0.1) is 5.56 Å². The molecule has 112 valence electrons.